The molecule has 0 aromatic heterocycles. The van der Waals surface area contributed by atoms with E-state index in [2.05, 4.69) is 0 Å². The van der Waals surface area contributed by atoms with Crippen molar-refractivity contribution in [3.8, 4) is 0 Å². The van der Waals surface area contributed by atoms with E-state index in [1.54, 1.807) is 0 Å². The van der Waals surface area contributed by atoms with E-state index in [0.717, 1.165) is 0 Å². The normalized spacial score (nSPS) is 0. The summed E-state index contributed by atoms with van der Waals surface area (Å²) in [4.78, 5) is 0. The first-order valence-corrected chi connectivity index (χ1v) is 0. The fourth-order valence-corrected chi connectivity index (χ4v) is 0. The molecule has 0 aromatic carbocycles. The molecule has 1 nitrogen and oxygen atoms in total. The van der Waals surface area contributed by atoms with Crippen molar-refractivity contribution in [1.82, 2.24) is 6.15 Å². The summed E-state index contributed by atoms with van der Waals surface area (Å²) < 4.78 is 0. The number of halogens is 2. The van der Waals surface area contributed by atoms with Gasteiger partial charge in [-0.15, -0.1) is 36.4 Å². The Hall–Kier alpha value is 2.24. The SMILES string of the molecule is Cl.I.N.[Ca+2].[H-].[H-]. The molecule has 0 spiro atoms. The first kappa shape index (κ1) is 34.2. The average Bonchev–Trinajstić information content (AvgIpc) is 0. The quantitative estimate of drug-likeness (QED) is 0.483. The van der Waals surface area contributed by atoms with Crippen LogP contribution >= 0.6 is 36.4 Å². The number of hydrogen-bond acceptors (Lipinski definition) is 1. The fraction of sp³-hybridized carbons (Fsp3) is 0. The van der Waals surface area contributed by atoms with Crippen LogP contribution in [-0.2, 0) is 0 Å². The molecule has 0 aliphatic rings. The van der Waals surface area contributed by atoms with E-state index in [1.807, 2.05) is 0 Å². The maximum atomic E-state index is 0. The summed E-state index contributed by atoms with van der Waals surface area (Å²) in [6.45, 7) is 0. The third-order valence-corrected chi connectivity index (χ3v) is 0. The molecule has 4 heteroatoms. The zero-order valence-electron chi connectivity index (χ0n) is 4.23. The van der Waals surface area contributed by atoms with E-state index in [4.69, 9.17) is 0 Å². The second-order valence-electron chi connectivity index (χ2n) is 0. The van der Waals surface area contributed by atoms with Crippen molar-refractivity contribution in [1.29, 1.82) is 0 Å². The van der Waals surface area contributed by atoms with Crippen LogP contribution in [0.5, 0.6) is 0 Å². The Bertz CT molecular complexity index is 13.5. The molecule has 0 aliphatic carbocycles. The van der Waals surface area contributed by atoms with Crippen LogP contribution in [0.15, 0.2) is 0 Å². The minimum absolute atomic E-state index is 0. The van der Waals surface area contributed by atoms with Crippen LogP contribution in [0.1, 0.15) is 2.85 Å². The molecule has 0 bridgehead atoms. The van der Waals surface area contributed by atoms with Crippen LogP contribution in [0.25, 0.3) is 0 Å². The minimum atomic E-state index is 0. The van der Waals surface area contributed by atoms with Gasteiger partial charge in [-0.3, -0.25) is 0 Å². The van der Waals surface area contributed by atoms with E-state index in [1.165, 1.54) is 0 Å². The zero-order valence-corrected chi connectivity index (χ0v) is 7.59. The van der Waals surface area contributed by atoms with Gasteiger partial charge < -0.3 is 9.00 Å². The van der Waals surface area contributed by atoms with E-state index in [-0.39, 0.29) is 83.1 Å². The molecule has 0 saturated heterocycles. The Morgan fingerprint density at radius 2 is 1.25 bits per heavy atom. The third-order valence-electron chi connectivity index (χ3n) is 0. The number of rotatable bonds is 0. The van der Waals surface area contributed by atoms with Gasteiger partial charge in [0.2, 0.25) is 0 Å². The van der Waals surface area contributed by atoms with E-state index in [0.29, 0.717) is 0 Å². The Morgan fingerprint density at radius 3 is 1.25 bits per heavy atom. The van der Waals surface area contributed by atoms with Gasteiger partial charge in [-0.05, 0) is 0 Å². The standard InChI is InChI=1S/Ca.ClH.HI.H3N.2H/h;2*1H;1H3;;/q+2;;;;2*-1. The Labute approximate surface area is 81.9 Å². The molecule has 0 unspecified atom stereocenters. The summed E-state index contributed by atoms with van der Waals surface area (Å²) in [6, 6.07) is 0. The average molecular weight is 223 g/mol. The molecule has 0 fully saturated rings. The summed E-state index contributed by atoms with van der Waals surface area (Å²) >= 11 is 0. The van der Waals surface area contributed by atoms with Crippen LogP contribution in [-0.4, -0.2) is 37.7 Å². The van der Waals surface area contributed by atoms with Gasteiger partial charge in [0.1, 0.15) is 0 Å². The molecule has 0 saturated carbocycles. The van der Waals surface area contributed by atoms with Gasteiger partial charge in [0.05, 0.1) is 0 Å². The van der Waals surface area contributed by atoms with Gasteiger partial charge in [-0.1, -0.05) is 0 Å². The molecule has 4 heavy (non-hydrogen) atoms. The predicted octanol–water partition coefficient (Wildman–Crippen LogP) is 1.05. The Kier molecular flexibility index (Phi) is 160. The molecule has 0 aliphatic heterocycles. The molecule has 0 rings (SSSR count). The molecular formula is H7CaClIN. The van der Waals surface area contributed by atoms with Crippen LogP contribution in [0.3, 0.4) is 0 Å². The molecule has 0 amide bonds. The van der Waals surface area contributed by atoms with Crippen molar-refractivity contribution in [2.75, 3.05) is 0 Å². The van der Waals surface area contributed by atoms with Crippen LogP contribution in [0.2, 0.25) is 0 Å². The summed E-state index contributed by atoms with van der Waals surface area (Å²) in [6.07, 6.45) is 0. The van der Waals surface area contributed by atoms with Crippen molar-refractivity contribution < 1.29 is 2.85 Å². The van der Waals surface area contributed by atoms with E-state index in [9.17, 15) is 0 Å². The topological polar surface area (TPSA) is 35.0 Å². The third kappa shape index (κ3) is 8.87. The van der Waals surface area contributed by atoms with Crippen LogP contribution < -0.4 is 6.15 Å². The van der Waals surface area contributed by atoms with Gasteiger partial charge >= 0.3 is 37.7 Å². The fourth-order valence-electron chi connectivity index (χ4n) is 0. The zero-order chi connectivity index (χ0) is 0. The Balaban J connectivity index is 0. The molecule has 0 heterocycles. The minimum Gasteiger partial charge on any atom is -1.00 e. The molecule has 0 radical (unpaired) electrons. The predicted molar refractivity (Wildman–Crippen MR) is 35.7 cm³/mol. The maximum absolute atomic E-state index is 0. The monoisotopic (exact) mass is 223 g/mol. The number of hydrogen-bond donors (Lipinski definition) is 1. The largest absolute Gasteiger partial charge is 2.00 e. The summed E-state index contributed by atoms with van der Waals surface area (Å²) in [5, 5.41) is 0. The molecule has 0 aromatic rings. The van der Waals surface area contributed by atoms with Gasteiger partial charge in [0.25, 0.3) is 0 Å². The molecule has 28 valence electrons. The van der Waals surface area contributed by atoms with Crippen LogP contribution in [0, 0.1) is 0 Å². The Morgan fingerprint density at radius 1 is 1.25 bits per heavy atom. The molecular weight excluding hydrogens is 216 g/mol. The summed E-state index contributed by atoms with van der Waals surface area (Å²) in [5.41, 5.74) is 0. The van der Waals surface area contributed by atoms with Crippen molar-refractivity contribution in [3.63, 3.8) is 0 Å². The maximum Gasteiger partial charge on any atom is 2.00 e. The summed E-state index contributed by atoms with van der Waals surface area (Å²) in [7, 11) is 0. The van der Waals surface area contributed by atoms with Gasteiger partial charge in [0.15, 0.2) is 0 Å². The van der Waals surface area contributed by atoms with Crippen molar-refractivity contribution in [3.05, 3.63) is 0 Å². The first-order valence-electron chi connectivity index (χ1n) is 0. The molecule has 0 atom stereocenters. The van der Waals surface area contributed by atoms with Crippen molar-refractivity contribution in [2.45, 2.75) is 0 Å². The molecule has 3 N–H and O–H groups in total. The smallest absolute Gasteiger partial charge is 1.00 e. The van der Waals surface area contributed by atoms with Crippen molar-refractivity contribution in [2.24, 2.45) is 0 Å². The van der Waals surface area contributed by atoms with E-state index >= 15 is 0 Å². The first-order chi connectivity index (χ1) is 0. The van der Waals surface area contributed by atoms with E-state index < -0.39 is 0 Å². The second-order valence-corrected chi connectivity index (χ2v) is 0. The van der Waals surface area contributed by atoms with Crippen molar-refractivity contribution >= 4 is 74.1 Å². The van der Waals surface area contributed by atoms with Crippen LogP contribution in [0.4, 0.5) is 0 Å². The van der Waals surface area contributed by atoms with Gasteiger partial charge in [0, 0.05) is 0 Å². The van der Waals surface area contributed by atoms with Gasteiger partial charge in [-0.25, -0.2) is 0 Å². The second kappa shape index (κ2) is 18.8. The van der Waals surface area contributed by atoms with Gasteiger partial charge in [-0.2, -0.15) is 0 Å². The summed E-state index contributed by atoms with van der Waals surface area (Å²) in [5.74, 6) is 0.